The predicted molar refractivity (Wildman–Crippen MR) is 148 cm³/mol. The van der Waals surface area contributed by atoms with Crippen molar-refractivity contribution in [3.63, 3.8) is 0 Å². The van der Waals surface area contributed by atoms with Gasteiger partial charge in [-0.3, -0.25) is 14.5 Å². The lowest BCUT2D eigenvalue weighted by atomic mass is 9.94. The summed E-state index contributed by atoms with van der Waals surface area (Å²) in [6.45, 7) is 5.29. The number of carbonyl (C=O) groups excluding carboxylic acids is 2. The summed E-state index contributed by atoms with van der Waals surface area (Å²) in [6.07, 6.45) is 1.25. The maximum absolute atomic E-state index is 13.8. The Bertz CT molecular complexity index is 1350. The van der Waals surface area contributed by atoms with E-state index in [2.05, 4.69) is 20.7 Å². The number of nitrogens with zero attached hydrogens (tertiary/aromatic N) is 6. The van der Waals surface area contributed by atoms with Crippen LogP contribution in [0.2, 0.25) is 0 Å². The highest BCUT2D eigenvalue weighted by atomic mass is 19.3. The molecule has 0 radical (unpaired) electrons. The maximum atomic E-state index is 13.8. The van der Waals surface area contributed by atoms with Crippen LogP contribution in [0.3, 0.4) is 0 Å². The fourth-order valence-corrected chi connectivity index (χ4v) is 5.17. The molecule has 41 heavy (non-hydrogen) atoms. The number of para-hydroxylation sites is 1. The van der Waals surface area contributed by atoms with Gasteiger partial charge in [-0.15, -0.1) is 0 Å². The molecule has 3 amide bonds. The third kappa shape index (κ3) is 6.11. The van der Waals surface area contributed by atoms with Gasteiger partial charge in [0.2, 0.25) is 0 Å². The van der Waals surface area contributed by atoms with Crippen LogP contribution >= 0.6 is 0 Å². The van der Waals surface area contributed by atoms with Crippen molar-refractivity contribution in [2.45, 2.75) is 58.1 Å². The molecule has 4 heterocycles. The molecule has 0 bridgehead atoms. The second-order valence-electron chi connectivity index (χ2n) is 11.0. The number of halogens is 2. The summed E-state index contributed by atoms with van der Waals surface area (Å²) >= 11 is 0. The zero-order chi connectivity index (χ0) is 29.3. The second-order valence-corrected chi connectivity index (χ2v) is 11.0. The van der Waals surface area contributed by atoms with Crippen molar-refractivity contribution in [3.05, 3.63) is 53.6 Å². The summed E-state index contributed by atoms with van der Waals surface area (Å²) in [6, 6.07) is 6.25. The minimum Gasteiger partial charge on any atom is -0.443 e. The smallest absolute Gasteiger partial charge is 0.414 e. The van der Waals surface area contributed by atoms with E-state index in [0.29, 0.717) is 36.5 Å². The highest BCUT2D eigenvalue weighted by molar-refractivity contribution is 5.91. The number of aliphatic imine (C=N–C) groups is 1. The van der Waals surface area contributed by atoms with Crippen molar-refractivity contribution >= 4 is 29.7 Å². The minimum atomic E-state index is -2.77. The Labute approximate surface area is 236 Å². The molecule has 2 atom stereocenters. The Morgan fingerprint density at radius 3 is 2.80 bits per heavy atom. The van der Waals surface area contributed by atoms with Crippen LogP contribution in [0.4, 0.5) is 29.7 Å². The molecule has 3 aliphatic rings. The summed E-state index contributed by atoms with van der Waals surface area (Å²) in [5, 5.41) is 19.4. The lowest BCUT2D eigenvalue weighted by Gasteiger charge is -2.46. The van der Waals surface area contributed by atoms with Crippen LogP contribution in [0.15, 0.2) is 53.0 Å². The van der Waals surface area contributed by atoms with Gasteiger partial charge in [0, 0.05) is 24.5 Å². The van der Waals surface area contributed by atoms with E-state index in [4.69, 9.17) is 9.84 Å². The van der Waals surface area contributed by atoms with E-state index >= 15 is 0 Å². The number of hydrogen-bond donors (Lipinski definition) is 3. The van der Waals surface area contributed by atoms with Gasteiger partial charge in [0.05, 0.1) is 49.9 Å². The van der Waals surface area contributed by atoms with Crippen LogP contribution in [0.25, 0.3) is 0 Å². The molecule has 220 valence electrons. The number of aliphatic hydroxyl groups is 1. The topological polar surface area (TPSA) is 128 Å². The van der Waals surface area contributed by atoms with Gasteiger partial charge in [-0.25, -0.2) is 23.4 Å². The lowest BCUT2D eigenvalue weighted by molar-refractivity contribution is 0.0567. The van der Waals surface area contributed by atoms with E-state index in [9.17, 15) is 18.4 Å². The average Bonchev–Trinajstić information content (AvgIpc) is 3.35. The Morgan fingerprint density at radius 2 is 2.07 bits per heavy atom. The number of ether oxygens (including phenoxy) is 1. The first-order valence-corrected chi connectivity index (χ1v) is 13.4. The van der Waals surface area contributed by atoms with Crippen LogP contribution in [-0.4, -0.2) is 87.6 Å². The Kier molecular flexibility index (Phi) is 7.84. The molecular weight excluding hydrogens is 538 g/mol. The van der Waals surface area contributed by atoms with Gasteiger partial charge in [-0.1, -0.05) is 18.2 Å². The Balaban J connectivity index is 1.39. The first-order valence-electron chi connectivity index (χ1n) is 13.4. The van der Waals surface area contributed by atoms with Crippen molar-refractivity contribution in [2.24, 2.45) is 4.99 Å². The number of alkyl halides is 2. The number of rotatable bonds is 7. The van der Waals surface area contributed by atoms with Crippen molar-refractivity contribution in [1.29, 1.82) is 0 Å². The number of aliphatic hydroxyl groups excluding tert-OH is 1. The molecule has 12 nitrogen and oxygen atoms in total. The second kappa shape index (κ2) is 11.4. The molecule has 0 saturated carbocycles. The van der Waals surface area contributed by atoms with Crippen molar-refractivity contribution in [2.75, 3.05) is 36.5 Å². The lowest BCUT2D eigenvalue weighted by Crippen LogP contribution is -2.57. The third-order valence-corrected chi connectivity index (χ3v) is 6.83. The number of carbonyl (C=O) groups is 2. The summed E-state index contributed by atoms with van der Waals surface area (Å²) in [5.74, 6) is 0.265. The summed E-state index contributed by atoms with van der Waals surface area (Å²) in [5.41, 5.74) is 1.87. The quantitative estimate of drug-likeness (QED) is 0.464. The van der Waals surface area contributed by atoms with Crippen LogP contribution < -0.4 is 15.5 Å². The van der Waals surface area contributed by atoms with Crippen LogP contribution in [0.5, 0.6) is 0 Å². The van der Waals surface area contributed by atoms with E-state index < -0.39 is 43.0 Å². The zero-order valence-electron chi connectivity index (χ0n) is 23.1. The highest BCUT2D eigenvalue weighted by Crippen LogP contribution is 2.40. The van der Waals surface area contributed by atoms with E-state index in [1.54, 1.807) is 66.0 Å². The number of nitrogens with one attached hydrogen (secondary N) is 2. The van der Waals surface area contributed by atoms with Gasteiger partial charge < -0.3 is 25.4 Å². The fourth-order valence-electron chi connectivity index (χ4n) is 5.17. The van der Waals surface area contributed by atoms with Gasteiger partial charge >= 0.3 is 12.1 Å². The third-order valence-electron chi connectivity index (χ3n) is 6.83. The molecule has 5 rings (SSSR count). The normalized spacial score (nSPS) is 20.7. The van der Waals surface area contributed by atoms with Gasteiger partial charge in [0.1, 0.15) is 11.4 Å². The van der Waals surface area contributed by atoms with Gasteiger partial charge in [-0.2, -0.15) is 5.10 Å². The fraction of sp³-hybridized carbons (Fsp3) is 0.481. The zero-order valence-corrected chi connectivity index (χ0v) is 23.1. The summed E-state index contributed by atoms with van der Waals surface area (Å²) in [7, 11) is 0. The minimum absolute atomic E-state index is 0.0666. The summed E-state index contributed by atoms with van der Waals surface area (Å²) < 4.78 is 34.7. The van der Waals surface area contributed by atoms with Crippen LogP contribution in [0.1, 0.15) is 38.8 Å². The highest BCUT2D eigenvalue weighted by Gasteiger charge is 2.42. The van der Waals surface area contributed by atoms with Gasteiger partial charge in [0.15, 0.2) is 6.29 Å². The van der Waals surface area contributed by atoms with E-state index in [1.807, 2.05) is 12.1 Å². The van der Waals surface area contributed by atoms with Crippen molar-refractivity contribution in [3.8, 4) is 0 Å². The Morgan fingerprint density at radius 1 is 1.29 bits per heavy atom. The largest absolute Gasteiger partial charge is 0.443 e. The van der Waals surface area contributed by atoms with Crippen LogP contribution in [-0.2, 0) is 11.3 Å². The molecule has 0 saturated heterocycles. The van der Waals surface area contributed by atoms with Crippen molar-refractivity contribution in [1.82, 2.24) is 24.9 Å². The maximum Gasteiger partial charge on any atom is 0.414 e. The molecule has 3 N–H and O–H groups in total. The molecule has 2 aromatic rings. The molecule has 0 aliphatic carbocycles. The average molecular weight is 573 g/mol. The number of hydrogen-bond acceptors (Lipinski definition) is 8. The first kappa shape index (κ1) is 28.3. The van der Waals surface area contributed by atoms with Gasteiger partial charge in [-0.05, 0) is 38.8 Å². The molecule has 0 fully saturated rings. The molecule has 1 aromatic carbocycles. The van der Waals surface area contributed by atoms with E-state index in [-0.39, 0.29) is 19.0 Å². The van der Waals surface area contributed by atoms with Gasteiger partial charge in [0.25, 0.3) is 6.43 Å². The van der Waals surface area contributed by atoms with E-state index in [1.165, 1.54) is 0 Å². The SMILES string of the molecule is CC(C)(C)OC(=O)N1CC[C@H](N2CC3=C(NC(Nc4cnn(CCO)c4)N=C3)N(CC(F)F)C2=O)c2ccccc21. The molecule has 1 aromatic heterocycles. The Hall–Kier alpha value is -4.20. The molecule has 3 aliphatic heterocycles. The molecule has 1 unspecified atom stereocenters. The van der Waals surface area contributed by atoms with Crippen LogP contribution in [0, 0.1) is 0 Å². The predicted octanol–water partition coefficient (Wildman–Crippen LogP) is 3.35. The first-order chi connectivity index (χ1) is 19.5. The van der Waals surface area contributed by atoms with Crippen molar-refractivity contribution < 1.29 is 28.2 Å². The number of urea groups is 1. The number of fused-ring (bicyclic) bond motifs is 1. The number of anilines is 2. The number of amides is 3. The number of aromatic nitrogens is 2. The standard InChI is InChI=1S/C27H34F2N8O4/c1-27(2,3)41-26(40)35-9-8-21(19-6-4-5-7-20(19)35)36-14-17-12-30-24(32-18-13-31-34(15-18)10-11-38)33-23(17)37(25(36)39)16-22(28)29/h4-7,12-13,15,21-22,24,32-33,38H,8-11,14,16H2,1-3H3/t21-,24?/m0/s1. The van der Waals surface area contributed by atoms with E-state index in [0.717, 1.165) is 10.5 Å². The monoisotopic (exact) mass is 572 g/mol. The summed E-state index contributed by atoms with van der Waals surface area (Å²) in [4.78, 5) is 35.4. The molecule has 0 spiro atoms. The number of benzene rings is 1. The molecule has 14 heteroatoms. The molecular formula is C27H34F2N8O4.